The van der Waals surface area contributed by atoms with Crippen LogP contribution >= 0.6 is 0 Å². The fourth-order valence-corrected chi connectivity index (χ4v) is 1.78. The second-order valence-corrected chi connectivity index (χ2v) is 4.31. The van der Waals surface area contributed by atoms with E-state index in [1.54, 1.807) is 12.1 Å². The van der Waals surface area contributed by atoms with Gasteiger partial charge in [0.05, 0.1) is 0 Å². The molecule has 7 heteroatoms. The molecule has 0 saturated heterocycles. The summed E-state index contributed by atoms with van der Waals surface area (Å²) in [5.74, 6) is -1.95. The minimum atomic E-state index is -1.19. The van der Waals surface area contributed by atoms with Crippen LogP contribution in [0.15, 0.2) is 29.4 Å². The molecular formula is C13H13FN2O4. The Morgan fingerprint density at radius 1 is 1.50 bits per heavy atom. The lowest BCUT2D eigenvalue weighted by Gasteiger charge is -2.09. The highest BCUT2D eigenvalue weighted by Gasteiger charge is 2.31. The Kier molecular flexibility index (Phi) is 4.29. The second kappa shape index (κ2) is 6.14. The summed E-state index contributed by atoms with van der Waals surface area (Å²) in [4.78, 5) is 27.1. The van der Waals surface area contributed by atoms with E-state index in [1.165, 1.54) is 12.1 Å². The third-order valence-electron chi connectivity index (χ3n) is 2.81. The quantitative estimate of drug-likeness (QED) is 0.831. The van der Waals surface area contributed by atoms with E-state index in [0.717, 1.165) is 5.56 Å². The van der Waals surface area contributed by atoms with Gasteiger partial charge >= 0.3 is 5.97 Å². The van der Waals surface area contributed by atoms with E-state index < -0.39 is 18.0 Å². The van der Waals surface area contributed by atoms with Crippen molar-refractivity contribution in [2.45, 2.75) is 18.9 Å². The molecule has 0 saturated carbocycles. The van der Waals surface area contributed by atoms with E-state index in [4.69, 9.17) is 9.94 Å². The number of hydrogen-bond acceptors (Lipinski definition) is 4. The van der Waals surface area contributed by atoms with Crippen LogP contribution in [0.4, 0.5) is 4.39 Å². The summed E-state index contributed by atoms with van der Waals surface area (Å²) in [6, 6.07) is 6.09. The SMILES string of the molecule is O=C(O)C1=NOC(C(=O)NCCc2cccc(F)c2)C1. The molecule has 0 spiro atoms. The fourth-order valence-electron chi connectivity index (χ4n) is 1.78. The molecule has 1 atom stereocenters. The number of halogens is 1. The number of carboxylic acid groups (broad SMARTS) is 1. The third kappa shape index (κ3) is 3.53. The van der Waals surface area contributed by atoms with Gasteiger partial charge in [-0.2, -0.15) is 0 Å². The zero-order chi connectivity index (χ0) is 14.5. The van der Waals surface area contributed by atoms with Crippen molar-refractivity contribution in [2.75, 3.05) is 6.54 Å². The lowest BCUT2D eigenvalue weighted by molar-refractivity contribution is -0.131. The number of benzene rings is 1. The molecule has 1 aliphatic rings. The minimum Gasteiger partial charge on any atom is -0.477 e. The molecule has 106 valence electrons. The number of oxime groups is 1. The first-order valence-corrected chi connectivity index (χ1v) is 6.04. The number of carboxylic acids is 1. The molecule has 0 radical (unpaired) electrons. The molecule has 1 heterocycles. The maximum atomic E-state index is 12.9. The van der Waals surface area contributed by atoms with E-state index in [0.29, 0.717) is 13.0 Å². The van der Waals surface area contributed by atoms with E-state index in [9.17, 15) is 14.0 Å². The van der Waals surface area contributed by atoms with Crippen LogP contribution < -0.4 is 5.32 Å². The average molecular weight is 280 g/mol. The predicted molar refractivity (Wildman–Crippen MR) is 67.7 cm³/mol. The van der Waals surface area contributed by atoms with Gasteiger partial charge in [0.1, 0.15) is 5.82 Å². The number of nitrogens with one attached hydrogen (secondary N) is 1. The molecule has 0 bridgehead atoms. The van der Waals surface area contributed by atoms with Gasteiger partial charge in [0.2, 0.25) is 6.10 Å². The van der Waals surface area contributed by atoms with E-state index in [2.05, 4.69) is 10.5 Å². The molecular weight excluding hydrogens is 267 g/mol. The normalized spacial score (nSPS) is 17.2. The van der Waals surface area contributed by atoms with Crippen molar-refractivity contribution in [1.82, 2.24) is 5.32 Å². The van der Waals surface area contributed by atoms with Crippen LogP contribution in [-0.2, 0) is 20.8 Å². The Labute approximate surface area is 114 Å². The predicted octanol–water partition coefficient (Wildman–Crippen LogP) is 0.714. The summed E-state index contributed by atoms with van der Waals surface area (Å²) >= 11 is 0. The second-order valence-electron chi connectivity index (χ2n) is 4.31. The maximum Gasteiger partial charge on any atom is 0.353 e. The van der Waals surface area contributed by atoms with Crippen LogP contribution in [0.2, 0.25) is 0 Å². The van der Waals surface area contributed by atoms with Crippen molar-refractivity contribution in [2.24, 2.45) is 5.16 Å². The van der Waals surface area contributed by atoms with Gasteiger partial charge in [-0.1, -0.05) is 17.3 Å². The smallest absolute Gasteiger partial charge is 0.353 e. The Balaban J connectivity index is 1.75. The molecule has 1 aliphatic heterocycles. The van der Waals surface area contributed by atoms with Crippen LogP contribution in [0.5, 0.6) is 0 Å². The standard InChI is InChI=1S/C13H13FN2O4/c14-9-3-1-2-8(6-9)4-5-15-12(17)11-7-10(13(18)19)16-20-11/h1-3,6,11H,4-5,7H2,(H,15,17)(H,18,19). The Bertz CT molecular complexity index is 559. The molecule has 1 aromatic carbocycles. The molecule has 1 unspecified atom stereocenters. The van der Waals surface area contributed by atoms with Crippen molar-refractivity contribution in [1.29, 1.82) is 0 Å². The van der Waals surface area contributed by atoms with Crippen molar-refractivity contribution in [3.8, 4) is 0 Å². The topological polar surface area (TPSA) is 88.0 Å². The lowest BCUT2D eigenvalue weighted by Crippen LogP contribution is -2.36. The van der Waals surface area contributed by atoms with Gasteiger partial charge in [-0.05, 0) is 24.1 Å². The van der Waals surface area contributed by atoms with Gasteiger partial charge in [0.25, 0.3) is 5.91 Å². The molecule has 0 fully saturated rings. The van der Waals surface area contributed by atoms with Gasteiger partial charge in [-0.3, -0.25) is 4.79 Å². The number of amides is 1. The summed E-state index contributed by atoms with van der Waals surface area (Å²) in [5, 5.41) is 14.6. The molecule has 2 rings (SSSR count). The summed E-state index contributed by atoms with van der Waals surface area (Å²) in [7, 11) is 0. The van der Waals surface area contributed by atoms with Crippen molar-refractivity contribution < 1.29 is 23.9 Å². The summed E-state index contributed by atoms with van der Waals surface area (Å²) < 4.78 is 12.9. The zero-order valence-electron chi connectivity index (χ0n) is 10.5. The fraction of sp³-hybridized carbons (Fsp3) is 0.308. The highest BCUT2D eigenvalue weighted by atomic mass is 19.1. The molecule has 1 amide bonds. The molecule has 0 aliphatic carbocycles. The third-order valence-corrected chi connectivity index (χ3v) is 2.81. The summed E-state index contributed by atoms with van der Waals surface area (Å²) in [5.41, 5.74) is 0.593. The number of hydrogen-bond donors (Lipinski definition) is 2. The Hall–Kier alpha value is -2.44. The summed E-state index contributed by atoms with van der Waals surface area (Å²) in [6.07, 6.45) is -0.488. The van der Waals surface area contributed by atoms with Crippen molar-refractivity contribution in [3.05, 3.63) is 35.6 Å². The van der Waals surface area contributed by atoms with Crippen LogP contribution in [0.1, 0.15) is 12.0 Å². The number of aliphatic carboxylic acids is 1. The molecule has 1 aromatic rings. The van der Waals surface area contributed by atoms with E-state index >= 15 is 0 Å². The molecule has 0 aromatic heterocycles. The van der Waals surface area contributed by atoms with Crippen molar-refractivity contribution >= 4 is 17.6 Å². The van der Waals surface area contributed by atoms with Crippen LogP contribution in [0, 0.1) is 5.82 Å². The lowest BCUT2D eigenvalue weighted by atomic mass is 10.1. The van der Waals surface area contributed by atoms with Gasteiger partial charge < -0.3 is 15.3 Å². The molecule has 20 heavy (non-hydrogen) atoms. The first-order valence-electron chi connectivity index (χ1n) is 6.04. The van der Waals surface area contributed by atoms with Crippen LogP contribution in [0.3, 0.4) is 0 Å². The number of rotatable bonds is 5. The van der Waals surface area contributed by atoms with E-state index in [-0.39, 0.29) is 17.9 Å². The average Bonchev–Trinajstić information content (AvgIpc) is 2.88. The van der Waals surface area contributed by atoms with Crippen molar-refractivity contribution in [3.63, 3.8) is 0 Å². The summed E-state index contributed by atoms with van der Waals surface area (Å²) in [6.45, 7) is 0.310. The minimum absolute atomic E-state index is 0.0544. The highest BCUT2D eigenvalue weighted by Crippen LogP contribution is 2.11. The molecule has 6 nitrogen and oxygen atoms in total. The Morgan fingerprint density at radius 3 is 2.95 bits per heavy atom. The van der Waals surface area contributed by atoms with Gasteiger partial charge in [-0.15, -0.1) is 0 Å². The molecule has 2 N–H and O–H groups in total. The Morgan fingerprint density at radius 2 is 2.30 bits per heavy atom. The zero-order valence-corrected chi connectivity index (χ0v) is 10.5. The monoisotopic (exact) mass is 280 g/mol. The van der Waals surface area contributed by atoms with Crippen LogP contribution in [0.25, 0.3) is 0 Å². The van der Waals surface area contributed by atoms with E-state index in [1.807, 2.05) is 0 Å². The number of carbonyl (C=O) groups is 2. The van der Waals surface area contributed by atoms with Gasteiger partial charge in [0.15, 0.2) is 5.71 Å². The van der Waals surface area contributed by atoms with Gasteiger partial charge in [0, 0.05) is 13.0 Å². The maximum absolute atomic E-state index is 12.9. The first-order chi connectivity index (χ1) is 9.56. The highest BCUT2D eigenvalue weighted by molar-refractivity contribution is 6.36. The first kappa shape index (κ1) is 14.0. The van der Waals surface area contributed by atoms with Crippen LogP contribution in [-0.4, -0.2) is 35.3 Å². The van der Waals surface area contributed by atoms with Gasteiger partial charge in [-0.25, -0.2) is 9.18 Å². The number of nitrogens with zero attached hydrogens (tertiary/aromatic N) is 1. The number of carbonyl (C=O) groups excluding carboxylic acids is 1. The largest absolute Gasteiger partial charge is 0.477 e.